The molecule has 0 heterocycles. The van der Waals surface area contributed by atoms with E-state index in [2.05, 4.69) is 0 Å². The minimum atomic E-state index is -4.63. The maximum atomic E-state index is 12.2. The van der Waals surface area contributed by atoms with Crippen molar-refractivity contribution in [2.45, 2.75) is 17.0 Å². The molecule has 0 fully saturated rings. The van der Waals surface area contributed by atoms with E-state index in [1.54, 1.807) is 0 Å². The standard InChI is InChI=1S/C10H10Cl2F3NO2S/c1-16(6-10(13,14)15)19(17,18)9-4-7(5-11)2-3-8(9)12/h2-4H,5-6H2,1H3. The summed E-state index contributed by atoms with van der Waals surface area (Å²) in [6.07, 6.45) is -4.63. The third-order valence-electron chi connectivity index (χ3n) is 2.24. The van der Waals surface area contributed by atoms with Gasteiger partial charge in [0, 0.05) is 12.9 Å². The Morgan fingerprint density at radius 2 is 1.89 bits per heavy atom. The van der Waals surface area contributed by atoms with Crippen molar-refractivity contribution in [2.75, 3.05) is 13.6 Å². The first-order valence-corrected chi connectivity index (χ1v) is 7.30. The summed E-state index contributed by atoms with van der Waals surface area (Å²) >= 11 is 11.3. The van der Waals surface area contributed by atoms with Gasteiger partial charge in [0.1, 0.15) is 11.4 Å². The lowest BCUT2D eigenvalue weighted by Gasteiger charge is -2.19. The van der Waals surface area contributed by atoms with Crippen LogP contribution in [0.2, 0.25) is 5.02 Å². The van der Waals surface area contributed by atoms with Gasteiger partial charge in [-0.1, -0.05) is 17.7 Å². The van der Waals surface area contributed by atoms with Crippen molar-refractivity contribution in [3.05, 3.63) is 28.8 Å². The number of hydrogen-bond acceptors (Lipinski definition) is 2. The number of sulfonamides is 1. The molecule has 0 spiro atoms. The van der Waals surface area contributed by atoms with Crippen LogP contribution in [0.15, 0.2) is 23.1 Å². The fourth-order valence-corrected chi connectivity index (χ4v) is 3.18. The second-order valence-corrected chi connectivity index (χ2v) is 6.46. The second kappa shape index (κ2) is 5.87. The smallest absolute Gasteiger partial charge is 0.207 e. The summed E-state index contributed by atoms with van der Waals surface area (Å²) in [5, 5.41) is -0.150. The van der Waals surface area contributed by atoms with E-state index in [-0.39, 0.29) is 20.1 Å². The van der Waals surface area contributed by atoms with Gasteiger partial charge < -0.3 is 0 Å². The number of rotatable bonds is 4. The molecule has 108 valence electrons. The van der Waals surface area contributed by atoms with Gasteiger partial charge in [-0.05, 0) is 17.7 Å². The Balaban J connectivity index is 3.20. The van der Waals surface area contributed by atoms with Crippen molar-refractivity contribution in [1.82, 2.24) is 4.31 Å². The summed E-state index contributed by atoms with van der Waals surface area (Å²) < 4.78 is 60.9. The molecule has 0 aliphatic heterocycles. The van der Waals surface area contributed by atoms with E-state index in [1.807, 2.05) is 0 Å². The van der Waals surface area contributed by atoms with Gasteiger partial charge in [-0.25, -0.2) is 8.42 Å². The van der Waals surface area contributed by atoms with Crippen molar-refractivity contribution in [2.24, 2.45) is 0 Å². The Bertz CT molecular complexity index is 560. The molecule has 0 amide bonds. The van der Waals surface area contributed by atoms with Crippen LogP contribution in [0.5, 0.6) is 0 Å². The third-order valence-corrected chi connectivity index (χ3v) is 4.83. The van der Waals surface area contributed by atoms with Crippen LogP contribution in [-0.2, 0) is 15.9 Å². The molecule has 1 aromatic rings. The van der Waals surface area contributed by atoms with Gasteiger partial charge in [0.25, 0.3) is 0 Å². The van der Waals surface area contributed by atoms with Crippen LogP contribution in [0.25, 0.3) is 0 Å². The molecular formula is C10H10Cl2F3NO2S. The molecule has 1 aromatic carbocycles. The summed E-state index contributed by atoms with van der Waals surface area (Å²) in [6.45, 7) is -1.59. The monoisotopic (exact) mass is 335 g/mol. The average molecular weight is 336 g/mol. The first kappa shape index (κ1) is 16.6. The van der Waals surface area contributed by atoms with Crippen LogP contribution >= 0.6 is 23.2 Å². The van der Waals surface area contributed by atoms with Gasteiger partial charge in [0.2, 0.25) is 10.0 Å². The SMILES string of the molecule is CN(CC(F)(F)F)S(=O)(=O)c1cc(CCl)ccc1Cl. The van der Waals surface area contributed by atoms with Crippen LogP contribution in [-0.4, -0.2) is 32.5 Å². The minimum Gasteiger partial charge on any atom is -0.207 e. The van der Waals surface area contributed by atoms with E-state index < -0.39 is 22.7 Å². The van der Waals surface area contributed by atoms with Gasteiger partial charge in [-0.3, -0.25) is 0 Å². The van der Waals surface area contributed by atoms with Crippen molar-refractivity contribution in [3.63, 3.8) is 0 Å². The van der Waals surface area contributed by atoms with Gasteiger partial charge in [0.15, 0.2) is 0 Å². The zero-order valence-corrected chi connectivity index (χ0v) is 12.0. The molecule has 0 aromatic heterocycles. The van der Waals surface area contributed by atoms with Crippen LogP contribution < -0.4 is 0 Å². The van der Waals surface area contributed by atoms with E-state index in [9.17, 15) is 21.6 Å². The Hall–Kier alpha value is -0.500. The second-order valence-electron chi connectivity index (χ2n) is 3.77. The summed E-state index contributed by atoms with van der Waals surface area (Å²) in [7, 11) is -3.47. The van der Waals surface area contributed by atoms with Crippen molar-refractivity contribution in [3.8, 4) is 0 Å². The molecule has 3 nitrogen and oxygen atoms in total. The summed E-state index contributed by atoms with van der Waals surface area (Å²) in [6, 6.07) is 3.95. The van der Waals surface area contributed by atoms with E-state index >= 15 is 0 Å². The number of halogens is 5. The Morgan fingerprint density at radius 1 is 1.32 bits per heavy atom. The fourth-order valence-electron chi connectivity index (χ4n) is 1.33. The lowest BCUT2D eigenvalue weighted by atomic mass is 10.2. The first-order valence-electron chi connectivity index (χ1n) is 4.95. The van der Waals surface area contributed by atoms with Crippen LogP contribution in [0.3, 0.4) is 0 Å². The molecule has 0 atom stereocenters. The third kappa shape index (κ3) is 4.24. The predicted molar refractivity (Wildman–Crippen MR) is 66.9 cm³/mol. The Kier molecular flexibility index (Phi) is 5.11. The maximum absolute atomic E-state index is 12.2. The number of nitrogens with zero attached hydrogens (tertiary/aromatic N) is 1. The molecule has 1 rings (SSSR count). The lowest BCUT2D eigenvalue weighted by molar-refractivity contribution is -0.134. The van der Waals surface area contributed by atoms with Crippen LogP contribution in [0.1, 0.15) is 5.56 Å². The van der Waals surface area contributed by atoms with Crippen molar-refractivity contribution >= 4 is 33.2 Å². The summed E-state index contributed by atoms with van der Waals surface area (Å²) in [4.78, 5) is -0.390. The summed E-state index contributed by atoms with van der Waals surface area (Å²) in [5.74, 6) is 0.0304. The fraction of sp³-hybridized carbons (Fsp3) is 0.400. The average Bonchev–Trinajstić information content (AvgIpc) is 2.27. The number of benzene rings is 1. The molecule has 0 aliphatic rings. The summed E-state index contributed by atoms with van der Waals surface area (Å²) in [5.41, 5.74) is 0.449. The van der Waals surface area contributed by atoms with E-state index in [0.29, 0.717) is 5.56 Å². The Labute approximate surface area is 119 Å². The molecule has 0 unspecified atom stereocenters. The molecule has 0 bridgehead atoms. The number of alkyl halides is 4. The zero-order valence-electron chi connectivity index (χ0n) is 9.71. The molecule has 0 saturated carbocycles. The molecule has 0 radical (unpaired) electrons. The Morgan fingerprint density at radius 3 is 2.37 bits per heavy atom. The van der Waals surface area contributed by atoms with Gasteiger partial charge in [-0.2, -0.15) is 17.5 Å². The predicted octanol–water partition coefficient (Wildman–Crippen LogP) is 3.26. The highest BCUT2D eigenvalue weighted by Crippen LogP contribution is 2.27. The lowest BCUT2D eigenvalue weighted by Crippen LogP contribution is -2.36. The molecule has 0 N–H and O–H groups in total. The highest BCUT2D eigenvalue weighted by molar-refractivity contribution is 7.89. The quantitative estimate of drug-likeness (QED) is 0.792. The van der Waals surface area contributed by atoms with Crippen LogP contribution in [0.4, 0.5) is 13.2 Å². The van der Waals surface area contributed by atoms with Gasteiger partial charge in [-0.15, -0.1) is 11.6 Å². The topological polar surface area (TPSA) is 37.4 Å². The van der Waals surface area contributed by atoms with Crippen molar-refractivity contribution in [1.29, 1.82) is 0 Å². The van der Waals surface area contributed by atoms with E-state index in [4.69, 9.17) is 23.2 Å². The first-order chi connectivity index (χ1) is 8.58. The molecule has 0 aliphatic carbocycles. The number of hydrogen-bond donors (Lipinski definition) is 0. The highest BCUT2D eigenvalue weighted by Gasteiger charge is 2.35. The van der Waals surface area contributed by atoms with E-state index in [0.717, 1.165) is 13.1 Å². The highest BCUT2D eigenvalue weighted by atomic mass is 35.5. The van der Waals surface area contributed by atoms with Gasteiger partial charge in [0.05, 0.1) is 5.02 Å². The van der Waals surface area contributed by atoms with Gasteiger partial charge >= 0.3 is 6.18 Å². The maximum Gasteiger partial charge on any atom is 0.402 e. The molecule has 19 heavy (non-hydrogen) atoms. The zero-order chi connectivity index (χ0) is 14.8. The molecular weight excluding hydrogens is 326 g/mol. The van der Waals surface area contributed by atoms with E-state index in [1.165, 1.54) is 12.1 Å². The normalized spacial score (nSPS) is 13.0. The minimum absolute atomic E-state index is 0.0304. The van der Waals surface area contributed by atoms with Crippen molar-refractivity contribution < 1.29 is 21.6 Å². The largest absolute Gasteiger partial charge is 0.402 e. The van der Waals surface area contributed by atoms with Crippen LogP contribution in [0, 0.1) is 0 Å². The molecule has 0 saturated heterocycles. The molecule has 9 heteroatoms.